The Morgan fingerprint density at radius 3 is 2.48 bits per heavy atom. The monoisotopic (exact) mass is 297 g/mol. The van der Waals surface area contributed by atoms with Crippen molar-refractivity contribution in [3.63, 3.8) is 0 Å². The van der Waals surface area contributed by atoms with Gasteiger partial charge in [0, 0.05) is 26.2 Å². The van der Waals surface area contributed by atoms with Gasteiger partial charge in [-0.3, -0.25) is 4.99 Å². The summed E-state index contributed by atoms with van der Waals surface area (Å²) in [5, 5.41) is 16.1. The Hall–Kier alpha value is -0.770. The van der Waals surface area contributed by atoms with Crippen LogP contribution < -0.4 is 10.6 Å². The topological polar surface area (TPSA) is 56.7 Å². The maximum atomic E-state index is 9.38. The molecule has 0 bridgehead atoms. The van der Waals surface area contributed by atoms with Crippen LogP contribution in [-0.4, -0.2) is 37.3 Å². The molecule has 124 valence electrons. The van der Waals surface area contributed by atoms with E-state index in [0.717, 1.165) is 38.4 Å². The second-order valence-corrected chi connectivity index (χ2v) is 6.84. The van der Waals surface area contributed by atoms with E-state index in [1.165, 1.54) is 32.1 Å². The molecule has 0 amide bonds. The fourth-order valence-electron chi connectivity index (χ4n) is 3.09. The first-order valence-corrected chi connectivity index (χ1v) is 8.75. The highest BCUT2D eigenvalue weighted by molar-refractivity contribution is 5.79. The molecule has 4 heteroatoms. The van der Waals surface area contributed by atoms with Crippen molar-refractivity contribution < 1.29 is 5.11 Å². The number of nitrogens with one attached hydrogen (secondary N) is 2. The third-order valence-electron chi connectivity index (χ3n) is 4.49. The molecule has 0 aromatic carbocycles. The van der Waals surface area contributed by atoms with Crippen LogP contribution in [0.3, 0.4) is 0 Å². The van der Waals surface area contributed by atoms with Gasteiger partial charge in [0.2, 0.25) is 0 Å². The number of aliphatic hydroxyl groups is 1. The number of aliphatic hydroxyl groups excluding tert-OH is 1. The minimum atomic E-state index is 0.230. The maximum Gasteiger partial charge on any atom is 0.191 e. The smallest absolute Gasteiger partial charge is 0.191 e. The summed E-state index contributed by atoms with van der Waals surface area (Å²) in [6.45, 7) is 9.56. The van der Waals surface area contributed by atoms with Gasteiger partial charge in [0.05, 0.1) is 0 Å². The number of hydrogen-bond acceptors (Lipinski definition) is 2. The maximum absolute atomic E-state index is 9.38. The first-order valence-electron chi connectivity index (χ1n) is 8.75. The van der Waals surface area contributed by atoms with Gasteiger partial charge in [0.25, 0.3) is 0 Å². The standard InChI is InChI=1S/C17H35N3O/c1-4-18-16(19-12-8-15(2)3)20-14-17(11-13-21)9-6-5-7-10-17/h15,21H,4-14H2,1-3H3,(H2,18,19,20). The molecule has 1 aliphatic rings. The Morgan fingerprint density at radius 1 is 1.19 bits per heavy atom. The fourth-order valence-corrected chi connectivity index (χ4v) is 3.09. The van der Waals surface area contributed by atoms with Gasteiger partial charge in [-0.1, -0.05) is 33.1 Å². The summed E-state index contributed by atoms with van der Waals surface area (Å²) in [6.07, 6.45) is 8.38. The van der Waals surface area contributed by atoms with E-state index in [1.54, 1.807) is 0 Å². The van der Waals surface area contributed by atoms with E-state index in [9.17, 15) is 5.11 Å². The average molecular weight is 297 g/mol. The van der Waals surface area contributed by atoms with E-state index in [0.29, 0.717) is 5.92 Å². The Morgan fingerprint density at radius 2 is 1.90 bits per heavy atom. The molecule has 1 rings (SSSR count). The van der Waals surface area contributed by atoms with E-state index in [4.69, 9.17) is 4.99 Å². The van der Waals surface area contributed by atoms with E-state index in [1.807, 2.05) is 0 Å². The Bertz CT molecular complexity index is 291. The van der Waals surface area contributed by atoms with Crippen LogP contribution in [0.1, 0.15) is 65.7 Å². The minimum Gasteiger partial charge on any atom is -0.396 e. The summed E-state index contributed by atoms with van der Waals surface area (Å²) in [6, 6.07) is 0. The molecule has 1 aliphatic carbocycles. The molecule has 0 aliphatic heterocycles. The lowest BCUT2D eigenvalue weighted by molar-refractivity contribution is 0.137. The third kappa shape index (κ3) is 7.16. The van der Waals surface area contributed by atoms with Crippen LogP contribution >= 0.6 is 0 Å². The van der Waals surface area contributed by atoms with Gasteiger partial charge in [-0.15, -0.1) is 0 Å². The lowest BCUT2D eigenvalue weighted by Gasteiger charge is -2.35. The summed E-state index contributed by atoms with van der Waals surface area (Å²) >= 11 is 0. The minimum absolute atomic E-state index is 0.230. The molecule has 0 heterocycles. The van der Waals surface area contributed by atoms with Crippen molar-refractivity contribution in [2.75, 3.05) is 26.2 Å². The second-order valence-electron chi connectivity index (χ2n) is 6.84. The molecule has 0 radical (unpaired) electrons. The average Bonchev–Trinajstić information content (AvgIpc) is 2.46. The van der Waals surface area contributed by atoms with Gasteiger partial charge in [0.15, 0.2) is 5.96 Å². The third-order valence-corrected chi connectivity index (χ3v) is 4.49. The van der Waals surface area contributed by atoms with Crippen LogP contribution in [-0.2, 0) is 0 Å². The summed E-state index contributed by atoms with van der Waals surface area (Å²) in [5.74, 6) is 1.64. The van der Waals surface area contributed by atoms with Gasteiger partial charge in [-0.2, -0.15) is 0 Å². The lowest BCUT2D eigenvalue weighted by atomic mass is 9.72. The van der Waals surface area contributed by atoms with Gasteiger partial charge < -0.3 is 15.7 Å². The van der Waals surface area contributed by atoms with Gasteiger partial charge in [-0.05, 0) is 43.9 Å². The first kappa shape index (κ1) is 18.3. The van der Waals surface area contributed by atoms with Gasteiger partial charge >= 0.3 is 0 Å². The largest absolute Gasteiger partial charge is 0.396 e. The molecule has 0 saturated heterocycles. The number of guanidine groups is 1. The predicted molar refractivity (Wildman–Crippen MR) is 90.7 cm³/mol. The molecule has 0 unspecified atom stereocenters. The molecule has 0 spiro atoms. The zero-order chi connectivity index (χ0) is 15.6. The molecule has 0 aromatic rings. The second kappa shape index (κ2) is 10.0. The van der Waals surface area contributed by atoms with Crippen molar-refractivity contribution in [1.29, 1.82) is 0 Å². The molecule has 0 aromatic heterocycles. The Labute approximate surface area is 130 Å². The first-order chi connectivity index (χ1) is 10.1. The summed E-state index contributed by atoms with van der Waals surface area (Å²) in [4.78, 5) is 4.81. The van der Waals surface area contributed by atoms with Crippen LogP contribution in [0.2, 0.25) is 0 Å². The normalized spacial score (nSPS) is 18.8. The summed E-state index contributed by atoms with van der Waals surface area (Å²) in [7, 11) is 0. The van der Waals surface area contributed by atoms with Crippen LogP contribution in [0.4, 0.5) is 0 Å². The van der Waals surface area contributed by atoms with Crippen molar-refractivity contribution in [1.82, 2.24) is 10.6 Å². The van der Waals surface area contributed by atoms with Crippen molar-refractivity contribution >= 4 is 5.96 Å². The van der Waals surface area contributed by atoms with Crippen molar-refractivity contribution in [2.24, 2.45) is 16.3 Å². The highest BCUT2D eigenvalue weighted by atomic mass is 16.3. The highest BCUT2D eigenvalue weighted by Gasteiger charge is 2.31. The SMILES string of the molecule is CCNC(=NCC1(CCO)CCCCC1)NCCC(C)C. The quantitative estimate of drug-likeness (QED) is 0.477. The van der Waals surface area contributed by atoms with Crippen LogP contribution in [0.25, 0.3) is 0 Å². The fraction of sp³-hybridized carbons (Fsp3) is 0.941. The van der Waals surface area contributed by atoms with Crippen molar-refractivity contribution in [3.05, 3.63) is 0 Å². The highest BCUT2D eigenvalue weighted by Crippen LogP contribution is 2.39. The number of nitrogens with zero attached hydrogens (tertiary/aromatic N) is 1. The molecule has 1 saturated carbocycles. The molecule has 21 heavy (non-hydrogen) atoms. The predicted octanol–water partition coefficient (Wildman–Crippen LogP) is 2.92. The summed E-state index contributed by atoms with van der Waals surface area (Å²) < 4.78 is 0. The zero-order valence-electron chi connectivity index (χ0n) is 14.2. The van der Waals surface area contributed by atoms with E-state index >= 15 is 0 Å². The molecule has 1 fully saturated rings. The number of aliphatic imine (C=N–C) groups is 1. The zero-order valence-corrected chi connectivity index (χ0v) is 14.2. The van der Waals surface area contributed by atoms with E-state index in [-0.39, 0.29) is 12.0 Å². The van der Waals surface area contributed by atoms with Crippen LogP contribution in [0.5, 0.6) is 0 Å². The molecular weight excluding hydrogens is 262 g/mol. The van der Waals surface area contributed by atoms with Crippen molar-refractivity contribution in [3.8, 4) is 0 Å². The number of rotatable bonds is 8. The van der Waals surface area contributed by atoms with Crippen LogP contribution in [0.15, 0.2) is 4.99 Å². The Balaban J connectivity index is 2.56. The van der Waals surface area contributed by atoms with E-state index < -0.39 is 0 Å². The van der Waals surface area contributed by atoms with E-state index in [2.05, 4.69) is 31.4 Å². The van der Waals surface area contributed by atoms with Crippen molar-refractivity contribution in [2.45, 2.75) is 65.7 Å². The molecule has 4 nitrogen and oxygen atoms in total. The summed E-state index contributed by atoms with van der Waals surface area (Å²) in [5.41, 5.74) is 0.230. The van der Waals surface area contributed by atoms with Gasteiger partial charge in [0.1, 0.15) is 0 Å². The number of hydrogen-bond donors (Lipinski definition) is 3. The molecule has 3 N–H and O–H groups in total. The van der Waals surface area contributed by atoms with Crippen LogP contribution in [0, 0.1) is 11.3 Å². The molecule has 0 atom stereocenters. The lowest BCUT2D eigenvalue weighted by Crippen LogP contribution is -2.39. The van der Waals surface area contributed by atoms with Gasteiger partial charge in [-0.25, -0.2) is 0 Å². The Kier molecular flexibility index (Phi) is 8.74. The molecular formula is C17H35N3O.